The van der Waals surface area contributed by atoms with E-state index in [9.17, 15) is 14.4 Å². The molecular weight excluding hydrogens is 434 g/mol. The monoisotopic (exact) mass is 459 g/mol. The maximum atomic E-state index is 12.5. The molecule has 3 N–H and O–H groups in total. The van der Waals surface area contributed by atoms with Crippen LogP contribution in [0.3, 0.4) is 0 Å². The summed E-state index contributed by atoms with van der Waals surface area (Å²) in [6, 6.07) is 20.8. The first-order chi connectivity index (χ1) is 16.4. The average Bonchev–Trinajstić information content (AvgIpc) is 3.16. The molecule has 34 heavy (non-hydrogen) atoms. The number of aliphatic carboxylic acids is 1. The number of carboxylic acids is 1. The van der Waals surface area contributed by atoms with Gasteiger partial charge in [0.1, 0.15) is 18.1 Å². The van der Waals surface area contributed by atoms with Crippen LogP contribution >= 0.6 is 0 Å². The van der Waals surface area contributed by atoms with Crippen LogP contribution in [0.1, 0.15) is 40.9 Å². The second-order valence-electron chi connectivity index (χ2n) is 8.14. The minimum Gasteiger partial charge on any atom is -0.481 e. The number of nitrogens with zero attached hydrogens (tertiary/aromatic N) is 1. The SMILES string of the molecule is CC(CCNC(=O)c1cccc(NC(=O)OCC2c3ccccc3-c3ccccc32)n1)C(=O)O. The number of hydrogen-bond acceptors (Lipinski definition) is 5. The van der Waals surface area contributed by atoms with E-state index in [1.165, 1.54) is 6.07 Å². The van der Waals surface area contributed by atoms with Crippen molar-refractivity contribution in [2.24, 2.45) is 5.92 Å². The molecule has 1 aromatic heterocycles. The van der Waals surface area contributed by atoms with Gasteiger partial charge in [0.2, 0.25) is 0 Å². The normalized spacial score (nSPS) is 12.9. The fourth-order valence-electron chi connectivity index (χ4n) is 3.99. The van der Waals surface area contributed by atoms with Gasteiger partial charge in [0.25, 0.3) is 5.91 Å². The molecule has 0 saturated carbocycles. The number of carbonyl (C=O) groups is 3. The maximum Gasteiger partial charge on any atom is 0.412 e. The Kier molecular flexibility index (Phi) is 6.87. The van der Waals surface area contributed by atoms with Gasteiger partial charge in [-0.2, -0.15) is 0 Å². The lowest BCUT2D eigenvalue weighted by molar-refractivity contribution is -0.141. The molecular formula is C26H25N3O5. The fraction of sp³-hybridized carbons (Fsp3) is 0.231. The van der Waals surface area contributed by atoms with Gasteiger partial charge in [-0.3, -0.25) is 14.9 Å². The van der Waals surface area contributed by atoms with E-state index in [4.69, 9.17) is 9.84 Å². The van der Waals surface area contributed by atoms with Gasteiger partial charge in [-0.25, -0.2) is 9.78 Å². The van der Waals surface area contributed by atoms with Gasteiger partial charge in [0, 0.05) is 12.5 Å². The van der Waals surface area contributed by atoms with Crippen molar-refractivity contribution < 1.29 is 24.2 Å². The quantitative estimate of drug-likeness (QED) is 0.463. The summed E-state index contributed by atoms with van der Waals surface area (Å²) in [5.74, 6) is -1.80. The predicted molar refractivity (Wildman–Crippen MR) is 127 cm³/mol. The molecule has 1 heterocycles. The number of carbonyl (C=O) groups excluding carboxylic acids is 2. The highest BCUT2D eigenvalue weighted by Crippen LogP contribution is 2.44. The van der Waals surface area contributed by atoms with Crippen LogP contribution in [-0.4, -0.2) is 41.2 Å². The minimum atomic E-state index is -0.915. The number of amides is 2. The van der Waals surface area contributed by atoms with E-state index in [1.54, 1.807) is 19.1 Å². The van der Waals surface area contributed by atoms with Crippen LogP contribution in [-0.2, 0) is 9.53 Å². The molecule has 1 atom stereocenters. The van der Waals surface area contributed by atoms with Crippen LogP contribution in [0.5, 0.6) is 0 Å². The van der Waals surface area contributed by atoms with Crippen LogP contribution in [0.25, 0.3) is 11.1 Å². The molecule has 2 aromatic carbocycles. The van der Waals surface area contributed by atoms with Crippen LogP contribution in [0.15, 0.2) is 66.7 Å². The molecule has 0 aliphatic heterocycles. The summed E-state index contributed by atoms with van der Waals surface area (Å²) in [5.41, 5.74) is 4.63. The Balaban J connectivity index is 1.34. The van der Waals surface area contributed by atoms with E-state index in [0.29, 0.717) is 6.42 Å². The summed E-state index contributed by atoms with van der Waals surface area (Å²) >= 11 is 0. The van der Waals surface area contributed by atoms with Gasteiger partial charge in [0.15, 0.2) is 0 Å². The van der Waals surface area contributed by atoms with Crippen molar-refractivity contribution in [3.8, 4) is 11.1 Å². The first-order valence-electron chi connectivity index (χ1n) is 11.0. The highest BCUT2D eigenvalue weighted by molar-refractivity contribution is 5.93. The molecule has 3 aromatic rings. The second-order valence-corrected chi connectivity index (χ2v) is 8.14. The van der Waals surface area contributed by atoms with Crippen LogP contribution in [0.2, 0.25) is 0 Å². The summed E-state index contributed by atoms with van der Waals surface area (Å²) in [6.45, 7) is 1.95. The molecule has 8 nitrogen and oxygen atoms in total. The largest absolute Gasteiger partial charge is 0.481 e. The lowest BCUT2D eigenvalue weighted by Crippen LogP contribution is -2.28. The molecule has 0 radical (unpaired) electrons. The number of rotatable bonds is 8. The average molecular weight is 460 g/mol. The summed E-state index contributed by atoms with van der Waals surface area (Å²) < 4.78 is 5.51. The van der Waals surface area contributed by atoms with Crippen molar-refractivity contribution in [1.82, 2.24) is 10.3 Å². The molecule has 4 rings (SSSR count). The number of pyridine rings is 1. The Morgan fingerprint density at radius 2 is 1.62 bits per heavy atom. The maximum absolute atomic E-state index is 12.5. The van der Waals surface area contributed by atoms with Crippen LogP contribution < -0.4 is 10.6 Å². The van der Waals surface area contributed by atoms with Gasteiger partial charge in [-0.1, -0.05) is 61.5 Å². The number of anilines is 1. The van der Waals surface area contributed by atoms with E-state index < -0.39 is 23.9 Å². The van der Waals surface area contributed by atoms with Gasteiger partial charge >= 0.3 is 12.1 Å². The van der Waals surface area contributed by atoms with Crippen LogP contribution in [0, 0.1) is 5.92 Å². The van der Waals surface area contributed by atoms with Gasteiger partial charge < -0.3 is 15.2 Å². The third kappa shape index (κ3) is 5.06. The standard InChI is InChI=1S/C26H25N3O5/c1-16(25(31)32)13-14-27-24(30)22-11-6-12-23(28-22)29-26(33)34-15-21-19-9-4-2-7-17(19)18-8-3-5-10-20(18)21/h2-12,16,21H,13-15H2,1H3,(H,27,30)(H,31,32)(H,28,29,33). The third-order valence-corrected chi connectivity index (χ3v) is 5.84. The Morgan fingerprint density at radius 3 is 2.26 bits per heavy atom. The number of ether oxygens (including phenoxy) is 1. The number of benzene rings is 2. The van der Waals surface area contributed by atoms with E-state index >= 15 is 0 Å². The van der Waals surface area contributed by atoms with E-state index in [0.717, 1.165) is 22.3 Å². The molecule has 2 amide bonds. The highest BCUT2D eigenvalue weighted by atomic mass is 16.5. The predicted octanol–water partition coefficient (Wildman–Crippen LogP) is 4.28. The number of hydrogen-bond donors (Lipinski definition) is 3. The fourth-order valence-corrected chi connectivity index (χ4v) is 3.99. The number of fused-ring (bicyclic) bond motifs is 3. The van der Waals surface area contributed by atoms with Crippen molar-refractivity contribution >= 4 is 23.8 Å². The number of nitrogens with one attached hydrogen (secondary N) is 2. The van der Waals surface area contributed by atoms with Crippen molar-refractivity contribution in [1.29, 1.82) is 0 Å². The molecule has 8 heteroatoms. The first-order valence-corrected chi connectivity index (χ1v) is 11.0. The van der Waals surface area contributed by atoms with Crippen molar-refractivity contribution in [3.05, 3.63) is 83.6 Å². The zero-order valence-corrected chi connectivity index (χ0v) is 18.7. The minimum absolute atomic E-state index is 0.0589. The van der Waals surface area contributed by atoms with Gasteiger partial charge in [0.05, 0.1) is 5.92 Å². The van der Waals surface area contributed by atoms with E-state index in [1.807, 2.05) is 36.4 Å². The lowest BCUT2D eigenvalue weighted by atomic mass is 9.98. The van der Waals surface area contributed by atoms with Crippen LogP contribution in [0.4, 0.5) is 10.6 Å². The third-order valence-electron chi connectivity index (χ3n) is 5.84. The van der Waals surface area contributed by atoms with Gasteiger partial charge in [-0.15, -0.1) is 0 Å². The van der Waals surface area contributed by atoms with E-state index in [2.05, 4.69) is 27.8 Å². The second kappa shape index (κ2) is 10.2. The molecule has 0 spiro atoms. The molecule has 0 fully saturated rings. The summed E-state index contributed by atoms with van der Waals surface area (Å²) in [6.07, 6.45) is -0.360. The Morgan fingerprint density at radius 1 is 0.971 bits per heavy atom. The molecule has 0 bridgehead atoms. The zero-order chi connectivity index (χ0) is 24.1. The van der Waals surface area contributed by atoms with E-state index in [-0.39, 0.29) is 30.6 Å². The number of aromatic nitrogens is 1. The Bertz CT molecular complexity index is 1180. The lowest BCUT2D eigenvalue weighted by Gasteiger charge is -2.14. The summed E-state index contributed by atoms with van der Waals surface area (Å²) in [7, 11) is 0. The molecule has 174 valence electrons. The summed E-state index contributed by atoms with van der Waals surface area (Å²) in [4.78, 5) is 39.8. The zero-order valence-electron chi connectivity index (χ0n) is 18.7. The molecule has 0 saturated heterocycles. The topological polar surface area (TPSA) is 118 Å². The molecule has 1 unspecified atom stereocenters. The van der Waals surface area contributed by atoms with Gasteiger partial charge in [-0.05, 0) is 40.8 Å². The number of carboxylic acid groups (broad SMARTS) is 1. The smallest absolute Gasteiger partial charge is 0.412 e. The molecule has 1 aliphatic rings. The van der Waals surface area contributed by atoms with Crippen molar-refractivity contribution in [2.45, 2.75) is 19.3 Å². The summed E-state index contributed by atoms with van der Waals surface area (Å²) in [5, 5.41) is 14.1. The first kappa shape index (κ1) is 23.0. The highest BCUT2D eigenvalue weighted by Gasteiger charge is 2.29. The Hall–Kier alpha value is -4.20. The van der Waals surface area contributed by atoms with Crippen molar-refractivity contribution in [3.63, 3.8) is 0 Å². The van der Waals surface area contributed by atoms with Crippen molar-refractivity contribution in [2.75, 3.05) is 18.5 Å². The molecule has 1 aliphatic carbocycles. The Labute approximate surface area is 197 Å².